The van der Waals surface area contributed by atoms with E-state index >= 15 is 0 Å². The predicted molar refractivity (Wildman–Crippen MR) is 105 cm³/mol. The van der Waals surface area contributed by atoms with E-state index in [0.717, 1.165) is 22.3 Å². The molecule has 0 saturated heterocycles. The fourth-order valence-electron chi connectivity index (χ4n) is 2.72. The first kappa shape index (κ1) is 17.4. The maximum atomic E-state index is 5.10. The Morgan fingerprint density at radius 1 is 0.652 bits per heavy atom. The third kappa shape index (κ3) is 3.36. The van der Waals surface area contributed by atoms with Crippen LogP contribution < -0.4 is 0 Å². The van der Waals surface area contributed by atoms with Crippen molar-refractivity contribution in [3.63, 3.8) is 0 Å². The molecule has 0 bridgehead atoms. The molecule has 116 valence electrons. The lowest BCUT2D eigenvalue weighted by Crippen LogP contribution is -2.22. The Kier molecular flexibility index (Phi) is 5.70. The molecule has 0 heterocycles. The van der Waals surface area contributed by atoms with E-state index in [4.69, 9.17) is 12.6 Å². The van der Waals surface area contributed by atoms with Gasteiger partial charge in [-0.15, -0.1) is 12.4 Å². The third-order valence-electron chi connectivity index (χ3n) is 3.94. The molecular formula is C21H19ClS. The first-order valence-electron chi connectivity index (χ1n) is 7.31. The lowest BCUT2D eigenvalue weighted by Gasteiger charge is -2.32. The lowest BCUT2D eigenvalue weighted by molar-refractivity contribution is 0.974. The minimum atomic E-state index is -0.552. The van der Waals surface area contributed by atoms with E-state index in [1.54, 1.807) is 0 Å². The number of thiol groups is 1. The van der Waals surface area contributed by atoms with Gasteiger partial charge >= 0.3 is 0 Å². The fourth-order valence-corrected chi connectivity index (χ4v) is 3.15. The molecule has 0 fully saturated rings. The molecule has 0 nitrogen and oxygen atoms in total. The van der Waals surface area contributed by atoms with E-state index in [9.17, 15) is 0 Å². The van der Waals surface area contributed by atoms with Crippen LogP contribution in [0.1, 0.15) is 16.7 Å². The summed E-state index contributed by atoms with van der Waals surface area (Å²) in [5.74, 6) is 0. The van der Waals surface area contributed by atoms with Crippen molar-refractivity contribution in [2.45, 2.75) is 4.75 Å². The van der Waals surface area contributed by atoms with Crippen LogP contribution in [0.15, 0.2) is 97.6 Å². The highest BCUT2D eigenvalue weighted by molar-refractivity contribution is 7.82. The topological polar surface area (TPSA) is 0 Å². The molecule has 0 radical (unpaired) electrons. The fraction of sp³-hybridized carbons (Fsp3) is 0.0476. The highest BCUT2D eigenvalue weighted by atomic mass is 35.5. The maximum absolute atomic E-state index is 5.10. The molecule has 0 saturated carbocycles. The zero-order chi connectivity index (χ0) is 15.4. The summed E-state index contributed by atoms with van der Waals surface area (Å²) < 4.78 is -0.552. The van der Waals surface area contributed by atoms with Crippen LogP contribution in [0.3, 0.4) is 0 Å². The summed E-state index contributed by atoms with van der Waals surface area (Å²) in [6, 6.07) is 30.9. The normalized spacial score (nSPS) is 10.7. The van der Waals surface area contributed by atoms with Crippen LogP contribution in [-0.4, -0.2) is 0 Å². The van der Waals surface area contributed by atoms with Gasteiger partial charge in [-0.2, -0.15) is 12.6 Å². The molecule has 0 aromatic heterocycles. The van der Waals surface area contributed by atoms with Crippen molar-refractivity contribution < 1.29 is 0 Å². The highest BCUT2D eigenvalue weighted by Crippen LogP contribution is 2.46. The van der Waals surface area contributed by atoms with Gasteiger partial charge in [-0.25, -0.2) is 0 Å². The summed E-state index contributed by atoms with van der Waals surface area (Å²) >= 11 is 5.10. The second kappa shape index (κ2) is 7.54. The Morgan fingerprint density at radius 3 is 1.39 bits per heavy atom. The van der Waals surface area contributed by atoms with Crippen molar-refractivity contribution in [2.24, 2.45) is 0 Å². The molecule has 0 spiro atoms. The van der Waals surface area contributed by atoms with Crippen molar-refractivity contribution in [3.8, 4) is 0 Å². The van der Waals surface area contributed by atoms with Crippen LogP contribution >= 0.6 is 25.0 Å². The zero-order valence-electron chi connectivity index (χ0n) is 12.7. The van der Waals surface area contributed by atoms with E-state index in [1.807, 2.05) is 54.6 Å². The Bertz CT molecular complexity index is 712. The van der Waals surface area contributed by atoms with E-state index in [1.165, 1.54) is 0 Å². The van der Waals surface area contributed by atoms with Gasteiger partial charge in [-0.1, -0.05) is 97.6 Å². The monoisotopic (exact) mass is 338 g/mol. The smallest absolute Gasteiger partial charge is 0.0878 e. The standard InChI is InChI=1S/C21H18S.ClH/c1-17(18-11-5-2-6-12-18)21(22,19-13-7-3-8-14-19)20-15-9-4-10-16-20;/h2-16,22H,1H2;1H. The summed E-state index contributed by atoms with van der Waals surface area (Å²) in [6.45, 7) is 4.37. The van der Waals surface area contributed by atoms with Gasteiger partial charge in [-0.3, -0.25) is 0 Å². The number of hydrogen-bond donors (Lipinski definition) is 1. The molecule has 0 N–H and O–H groups in total. The highest BCUT2D eigenvalue weighted by Gasteiger charge is 2.33. The summed E-state index contributed by atoms with van der Waals surface area (Å²) in [7, 11) is 0. The first-order chi connectivity index (χ1) is 10.7. The second-order valence-corrected chi connectivity index (χ2v) is 5.96. The quantitative estimate of drug-likeness (QED) is 0.554. The Morgan fingerprint density at radius 2 is 1.00 bits per heavy atom. The number of rotatable bonds is 4. The molecule has 0 amide bonds. The number of halogens is 1. The second-order valence-electron chi connectivity index (χ2n) is 5.29. The molecule has 0 unspecified atom stereocenters. The molecule has 2 heteroatoms. The van der Waals surface area contributed by atoms with Crippen LogP contribution in [0.2, 0.25) is 0 Å². The van der Waals surface area contributed by atoms with Crippen molar-refractivity contribution >= 4 is 30.6 Å². The molecule has 0 atom stereocenters. The van der Waals surface area contributed by atoms with Crippen molar-refractivity contribution in [1.82, 2.24) is 0 Å². The molecule has 3 aromatic carbocycles. The molecule has 0 aliphatic heterocycles. The van der Waals surface area contributed by atoms with Gasteiger partial charge < -0.3 is 0 Å². The van der Waals surface area contributed by atoms with Gasteiger partial charge in [0.1, 0.15) is 0 Å². The summed E-state index contributed by atoms with van der Waals surface area (Å²) in [5, 5.41) is 0. The SMILES string of the molecule is C=C(c1ccccc1)C(S)(c1ccccc1)c1ccccc1.Cl. The van der Waals surface area contributed by atoms with Gasteiger partial charge in [0, 0.05) is 0 Å². The Hall–Kier alpha value is -1.96. The van der Waals surface area contributed by atoms with Crippen LogP contribution in [0, 0.1) is 0 Å². The van der Waals surface area contributed by atoms with E-state index in [-0.39, 0.29) is 12.4 Å². The van der Waals surface area contributed by atoms with Crippen LogP contribution in [0.25, 0.3) is 5.57 Å². The van der Waals surface area contributed by atoms with Crippen LogP contribution in [-0.2, 0) is 4.75 Å². The third-order valence-corrected chi connectivity index (χ3v) is 4.73. The van der Waals surface area contributed by atoms with E-state index in [0.29, 0.717) is 0 Å². The number of benzene rings is 3. The van der Waals surface area contributed by atoms with Gasteiger partial charge in [0.2, 0.25) is 0 Å². The van der Waals surface area contributed by atoms with Crippen LogP contribution in [0.4, 0.5) is 0 Å². The average molecular weight is 339 g/mol. The number of hydrogen-bond acceptors (Lipinski definition) is 1. The first-order valence-corrected chi connectivity index (χ1v) is 7.76. The van der Waals surface area contributed by atoms with Gasteiger partial charge in [-0.05, 0) is 22.3 Å². The zero-order valence-corrected chi connectivity index (χ0v) is 14.4. The summed E-state index contributed by atoms with van der Waals surface area (Å²) in [6.07, 6.45) is 0. The van der Waals surface area contributed by atoms with E-state index in [2.05, 4.69) is 43.0 Å². The average Bonchev–Trinajstić information content (AvgIpc) is 2.62. The van der Waals surface area contributed by atoms with Crippen molar-refractivity contribution in [1.29, 1.82) is 0 Å². The minimum absolute atomic E-state index is 0. The summed E-state index contributed by atoms with van der Waals surface area (Å²) in [4.78, 5) is 0. The van der Waals surface area contributed by atoms with Gasteiger partial charge in [0.05, 0.1) is 4.75 Å². The van der Waals surface area contributed by atoms with E-state index < -0.39 is 4.75 Å². The predicted octanol–water partition coefficient (Wildman–Crippen LogP) is 6.00. The summed E-state index contributed by atoms with van der Waals surface area (Å²) in [5.41, 5.74) is 4.33. The molecular weight excluding hydrogens is 320 g/mol. The van der Waals surface area contributed by atoms with Crippen molar-refractivity contribution in [2.75, 3.05) is 0 Å². The van der Waals surface area contributed by atoms with Gasteiger partial charge in [0.15, 0.2) is 0 Å². The molecule has 3 aromatic rings. The molecule has 3 rings (SSSR count). The molecule has 0 aliphatic carbocycles. The van der Waals surface area contributed by atoms with Crippen LogP contribution in [0.5, 0.6) is 0 Å². The largest absolute Gasteiger partial charge is 0.158 e. The van der Waals surface area contributed by atoms with Gasteiger partial charge in [0.25, 0.3) is 0 Å². The molecule has 0 aliphatic rings. The Labute approximate surface area is 149 Å². The molecule has 23 heavy (non-hydrogen) atoms. The lowest BCUT2D eigenvalue weighted by atomic mass is 9.81. The maximum Gasteiger partial charge on any atom is 0.0878 e. The van der Waals surface area contributed by atoms with Crippen molar-refractivity contribution in [3.05, 3.63) is 114 Å². The minimum Gasteiger partial charge on any atom is -0.158 e. The Balaban J connectivity index is 0.00000192.